The summed E-state index contributed by atoms with van der Waals surface area (Å²) in [6.07, 6.45) is 3.51. The normalized spacial score (nSPS) is 17.9. The Balaban J connectivity index is 1.46. The Morgan fingerprint density at radius 1 is 1.17 bits per heavy atom. The summed E-state index contributed by atoms with van der Waals surface area (Å²) in [5.74, 6) is 0.979. The van der Waals surface area contributed by atoms with Crippen LogP contribution in [0.2, 0.25) is 0 Å². The van der Waals surface area contributed by atoms with Gasteiger partial charge >= 0.3 is 0 Å². The number of halogens is 1. The third-order valence-electron chi connectivity index (χ3n) is 6.08. The summed E-state index contributed by atoms with van der Waals surface area (Å²) in [7, 11) is 1.54. The molecule has 2 aliphatic heterocycles. The van der Waals surface area contributed by atoms with E-state index in [2.05, 4.69) is 22.9 Å². The number of piperidine rings is 1. The molecule has 3 amide bonds. The van der Waals surface area contributed by atoms with Crippen LogP contribution in [-0.2, 0) is 16.2 Å². The van der Waals surface area contributed by atoms with E-state index in [0.29, 0.717) is 47.1 Å². The molecule has 2 fully saturated rings. The Bertz CT molecular complexity index is 1150. The smallest absolute Gasteiger partial charge is 0.294 e. The van der Waals surface area contributed by atoms with Gasteiger partial charge in [-0.1, -0.05) is 37.3 Å². The summed E-state index contributed by atoms with van der Waals surface area (Å²) in [5.41, 5.74) is 1.69. The average molecular weight is 559 g/mol. The first-order valence-electron chi connectivity index (χ1n) is 11.4. The summed E-state index contributed by atoms with van der Waals surface area (Å²) in [4.78, 5) is 41.2. The molecule has 0 atom stereocenters. The van der Waals surface area contributed by atoms with Crippen LogP contribution in [0, 0.1) is 5.92 Å². The first kappa shape index (κ1) is 25.3. The van der Waals surface area contributed by atoms with Crippen LogP contribution in [0.25, 0.3) is 6.08 Å². The zero-order valence-corrected chi connectivity index (χ0v) is 22.1. The van der Waals surface area contributed by atoms with Crippen LogP contribution in [0.15, 0.2) is 51.8 Å². The molecule has 0 spiro atoms. The van der Waals surface area contributed by atoms with Crippen molar-refractivity contribution in [3.8, 4) is 11.5 Å². The number of likely N-dealkylation sites (tertiary alicyclic amines) is 1. The third kappa shape index (κ3) is 6.08. The summed E-state index contributed by atoms with van der Waals surface area (Å²) in [6, 6.07) is 13.3. The van der Waals surface area contributed by atoms with Gasteiger partial charge in [0.05, 0.1) is 16.5 Å². The minimum atomic E-state index is -0.460. The standard InChI is InChI=1S/C26H27BrN2O5S/c1-17-8-10-28(11-9-17)23(30)15-29-25(31)22(35-26(29)32)14-19-12-20(27)24(21(13-19)33-2)34-16-18-6-4-3-5-7-18/h3-7,12-14,17H,8-11,15-16H2,1-2H3/b22-14+. The second-order valence-corrected chi connectivity index (χ2v) is 10.5. The third-order valence-corrected chi connectivity index (χ3v) is 7.58. The lowest BCUT2D eigenvalue weighted by atomic mass is 9.99. The molecule has 2 heterocycles. The average Bonchev–Trinajstić information content (AvgIpc) is 3.11. The molecule has 0 unspecified atom stereocenters. The molecule has 2 aliphatic rings. The number of ether oxygens (including phenoxy) is 2. The monoisotopic (exact) mass is 558 g/mol. The number of nitrogens with zero attached hydrogens (tertiary/aromatic N) is 2. The summed E-state index contributed by atoms with van der Waals surface area (Å²) >= 11 is 4.37. The van der Waals surface area contributed by atoms with Crippen molar-refractivity contribution in [2.45, 2.75) is 26.4 Å². The van der Waals surface area contributed by atoms with Gasteiger partial charge in [0.25, 0.3) is 11.1 Å². The molecule has 2 aromatic rings. The quantitative estimate of drug-likeness (QED) is 0.427. The van der Waals surface area contributed by atoms with Crippen molar-refractivity contribution in [3.05, 3.63) is 63.0 Å². The highest BCUT2D eigenvalue weighted by molar-refractivity contribution is 9.10. The number of methoxy groups -OCH3 is 1. The van der Waals surface area contributed by atoms with E-state index < -0.39 is 11.1 Å². The Morgan fingerprint density at radius 3 is 2.57 bits per heavy atom. The van der Waals surface area contributed by atoms with Crippen molar-refractivity contribution in [2.24, 2.45) is 5.92 Å². The van der Waals surface area contributed by atoms with Gasteiger partial charge in [-0.3, -0.25) is 19.3 Å². The van der Waals surface area contributed by atoms with Crippen LogP contribution in [-0.4, -0.2) is 53.6 Å². The topological polar surface area (TPSA) is 76.2 Å². The lowest BCUT2D eigenvalue weighted by Gasteiger charge is -2.31. The fourth-order valence-electron chi connectivity index (χ4n) is 3.97. The van der Waals surface area contributed by atoms with Gasteiger partial charge in [-0.15, -0.1) is 0 Å². The van der Waals surface area contributed by atoms with Crippen LogP contribution in [0.3, 0.4) is 0 Å². The molecule has 4 rings (SSSR count). The first-order valence-corrected chi connectivity index (χ1v) is 13.0. The van der Waals surface area contributed by atoms with Crippen LogP contribution < -0.4 is 9.47 Å². The minimum absolute atomic E-state index is 0.190. The maximum Gasteiger partial charge on any atom is 0.294 e. The maximum absolute atomic E-state index is 12.9. The molecule has 0 radical (unpaired) electrons. The molecule has 0 aromatic heterocycles. The molecule has 2 aromatic carbocycles. The Labute approximate surface area is 217 Å². The van der Waals surface area contributed by atoms with Crippen molar-refractivity contribution < 1.29 is 23.9 Å². The Morgan fingerprint density at radius 2 is 1.89 bits per heavy atom. The van der Waals surface area contributed by atoms with Gasteiger partial charge < -0.3 is 14.4 Å². The lowest BCUT2D eigenvalue weighted by Crippen LogP contribution is -2.45. The number of rotatable bonds is 7. The van der Waals surface area contributed by atoms with Gasteiger partial charge in [-0.2, -0.15) is 0 Å². The molecule has 2 saturated heterocycles. The zero-order chi connectivity index (χ0) is 24.9. The second kappa shape index (κ2) is 11.3. The number of carbonyl (C=O) groups is 3. The summed E-state index contributed by atoms with van der Waals surface area (Å²) in [5, 5.41) is -0.436. The highest BCUT2D eigenvalue weighted by Crippen LogP contribution is 2.39. The van der Waals surface area contributed by atoms with Gasteiger partial charge in [-0.25, -0.2) is 0 Å². The highest BCUT2D eigenvalue weighted by atomic mass is 79.9. The van der Waals surface area contributed by atoms with E-state index in [9.17, 15) is 14.4 Å². The van der Waals surface area contributed by atoms with E-state index in [1.54, 1.807) is 30.2 Å². The number of carbonyl (C=O) groups excluding carboxylic acids is 3. The van der Waals surface area contributed by atoms with Crippen LogP contribution in [0.1, 0.15) is 30.9 Å². The van der Waals surface area contributed by atoms with E-state index in [1.807, 2.05) is 30.3 Å². The van der Waals surface area contributed by atoms with Crippen LogP contribution in [0.5, 0.6) is 11.5 Å². The molecule has 184 valence electrons. The number of amides is 3. The Hall–Kier alpha value is -2.78. The van der Waals surface area contributed by atoms with Gasteiger partial charge in [-0.05, 0) is 75.8 Å². The number of benzene rings is 2. The van der Waals surface area contributed by atoms with E-state index in [4.69, 9.17) is 9.47 Å². The Kier molecular flexibility index (Phi) is 8.18. The fourth-order valence-corrected chi connectivity index (χ4v) is 5.39. The predicted molar refractivity (Wildman–Crippen MR) is 139 cm³/mol. The fraction of sp³-hybridized carbons (Fsp3) is 0.346. The molecule has 35 heavy (non-hydrogen) atoms. The van der Waals surface area contributed by atoms with E-state index >= 15 is 0 Å². The molecule has 0 bridgehead atoms. The van der Waals surface area contributed by atoms with Crippen molar-refractivity contribution >= 4 is 50.8 Å². The van der Waals surface area contributed by atoms with Crippen molar-refractivity contribution in [1.29, 1.82) is 0 Å². The number of hydrogen-bond acceptors (Lipinski definition) is 6. The van der Waals surface area contributed by atoms with E-state index in [1.165, 1.54) is 0 Å². The van der Waals surface area contributed by atoms with Crippen molar-refractivity contribution in [2.75, 3.05) is 26.7 Å². The number of hydrogen-bond donors (Lipinski definition) is 0. The second-order valence-electron chi connectivity index (χ2n) is 8.64. The molecule has 9 heteroatoms. The van der Waals surface area contributed by atoms with Crippen molar-refractivity contribution in [1.82, 2.24) is 9.80 Å². The molecular weight excluding hydrogens is 532 g/mol. The SMILES string of the molecule is COc1cc(/C=C2/SC(=O)N(CC(=O)N3CCC(C)CC3)C2=O)cc(Br)c1OCc1ccccc1. The predicted octanol–water partition coefficient (Wildman–Crippen LogP) is 5.33. The van der Waals surface area contributed by atoms with Gasteiger partial charge in [0.15, 0.2) is 11.5 Å². The number of imide groups is 1. The minimum Gasteiger partial charge on any atom is -0.493 e. The molecule has 7 nitrogen and oxygen atoms in total. The van der Waals surface area contributed by atoms with Crippen molar-refractivity contribution in [3.63, 3.8) is 0 Å². The summed E-state index contributed by atoms with van der Waals surface area (Å²) in [6.45, 7) is 3.64. The molecular formula is C26H27BrN2O5S. The van der Waals surface area contributed by atoms with E-state index in [-0.39, 0.29) is 17.4 Å². The van der Waals surface area contributed by atoms with Crippen LogP contribution >= 0.6 is 27.7 Å². The lowest BCUT2D eigenvalue weighted by molar-refractivity contribution is -0.136. The largest absolute Gasteiger partial charge is 0.493 e. The van der Waals surface area contributed by atoms with Crippen LogP contribution in [0.4, 0.5) is 4.79 Å². The summed E-state index contributed by atoms with van der Waals surface area (Å²) < 4.78 is 12.1. The molecule has 0 N–H and O–H groups in total. The van der Waals surface area contributed by atoms with Gasteiger partial charge in [0, 0.05) is 13.1 Å². The van der Waals surface area contributed by atoms with E-state index in [0.717, 1.165) is 35.1 Å². The van der Waals surface area contributed by atoms with Gasteiger partial charge in [0.1, 0.15) is 13.2 Å². The highest BCUT2D eigenvalue weighted by Gasteiger charge is 2.37. The number of thioether (sulfide) groups is 1. The molecule has 0 saturated carbocycles. The zero-order valence-electron chi connectivity index (χ0n) is 19.7. The molecule has 0 aliphatic carbocycles. The maximum atomic E-state index is 12.9. The van der Waals surface area contributed by atoms with Gasteiger partial charge in [0.2, 0.25) is 5.91 Å². The first-order chi connectivity index (χ1) is 16.9.